The topological polar surface area (TPSA) is 41.1 Å². The van der Waals surface area contributed by atoms with Crippen LogP contribution in [0.5, 0.6) is 0 Å². The zero-order chi connectivity index (χ0) is 16.4. The molecular formula is C18H28N2OS. The Hall–Kier alpha value is -1.00. The first-order valence-corrected chi connectivity index (χ1v) is 9.14. The van der Waals surface area contributed by atoms with Gasteiger partial charge in [-0.1, -0.05) is 18.2 Å². The van der Waals surface area contributed by atoms with Gasteiger partial charge in [0.2, 0.25) is 5.91 Å². The van der Waals surface area contributed by atoms with Gasteiger partial charge in [0, 0.05) is 22.0 Å². The summed E-state index contributed by atoms with van der Waals surface area (Å²) in [6, 6.07) is 8.37. The summed E-state index contributed by atoms with van der Waals surface area (Å²) in [7, 11) is 0. The summed E-state index contributed by atoms with van der Waals surface area (Å²) in [5.41, 5.74) is 1.22. The second-order valence-electron chi connectivity index (χ2n) is 7.55. The summed E-state index contributed by atoms with van der Waals surface area (Å²) in [5.74, 6) is 0.125. The summed E-state index contributed by atoms with van der Waals surface area (Å²) in [4.78, 5) is 13.6. The molecule has 1 aromatic rings. The normalized spacial score (nSPS) is 20.6. The molecule has 122 valence electrons. The first-order chi connectivity index (χ1) is 10.2. The van der Waals surface area contributed by atoms with Crippen molar-refractivity contribution in [2.45, 2.75) is 69.0 Å². The molecule has 1 aromatic carbocycles. The molecule has 1 amide bonds. The van der Waals surface area contributed by atoms with Crippen LogP contribution in [-0.2, 0) is 11.2 Å². The third kappa shape index (κ3) is 4.75. The van der Waals surface area contributed by atoms with E-state index in [-0.39, 0.29) is 23.0 Å². The maximum atomic E-state index is 12.4. The molecule has 1 fully saturated rings. The van der Waals surface area contributed by atoms with Crippen molar-refractivity contribution in [3.05, 3.63) is 29.8 Å². The fraction of sp³-hybridized carbons (Fsp3) is 0.611. The Bertz CT molecular complexity index is 524. The first kappa shape index (κ1) is 17.4. The number of carbonyl (C=O) groups excluding carboxylic acids is 1. The van der Waals surface area contributed by atoms with E-state index in [0.29, 0.717) is 6.42 Å². The highest BCUT2D eigenvalue weighted by atomic mass is 32.2. The van der Waals surface area contributed by atoms with Gasteiger partial charge in [-0.15, -0.1) is 11.8 Å². The first-order valence-electron chi connectivity index (χ1n) is 7.91. The lowest BCUT2D eigenvalue weighted by molar-refractivity contribution is -0.121. The van der Waals surface area contributed by atoms with Gasteiger partial charge in [-0.25, -0.2) is 0 Å². The summed E-state index contributed by atoms with van der Waals surface area (Å²) in [6.45, 7) is 8.82. The van der Waals surface area contributed by atoms with Gasteiger partial charge in [0.15, 0.2) is 0 Å². The van der Waals surface area contributed by atoms with Gasteiger partial charge in [-0.05, 0) is 58.4 Å². The zero-order valence-electron chi connectivity index (χ0n) is 14.3. The van der Waals surface area contributed by atoms with Crippen LogP contribution in [0.4, 0.5) is 0 Å². The van der Waals surface area contributed by atoms with E-state index >= 15 is 0 Å². The average molecular weight is 321 g/mol. The lowest BCUT2D eigenvalue weighted by Crippen LogP contribution is -2.62. The number of amides is 1. The van der Waals surface area contributed by atoms with Gasteiger partial charge in [-0.3, -0.25) is 4.79 Å². The predicted molar refractivity (Wildman–Crippen MR) is 94.4 cm³/mol. The second kappa shape index (κ2) is 6.63. The van der Waals surface area contributed by atoms with Crippen LogP contribution >= 0.6 is 11.8 Å². The van der Waals surface area contributed by atoms with Crippen LogP contribution in [0.3, 0.4) is 0 Å². The number of piperidine rings is 1. The Balaban J connectivity index is 2.00. The molecule has 1 heterocycles. The van der Waals surface area contributed by atoms with E-state index in [0.717, 1.165) is 18.4 Å². The van der Waals surface area contributed by atoms with Crippen molar-refractivity contribution in [1.29, 1.82) is 0 Å². The Morgan fingerprint density at radius 3 is 2.41 bits per heavy atom. The van der Waals surface area contributed by atoms with Gasteiger partial charge in [0.25, 0.3) is 0 Å². The molecule has 2 N–H and O–H groups in total. The van der Waals surface area contributed by atoms with Crippen LogP contribution < -0.4 is 10.6 Å². The largest absolute Gasteiger partial charge is 0.353 e. The van der Waals surface area contributed by atoms with Crippen molar-refractivity contribution in [2.75, 3.05) is 6.26 Å². The fourth-order valence-electron chi connectivity index (χ4n) is 3.73. The molecule has 0 aliphatic carbocycles. The van der Waals surface area contributed by atoms with Gasteiger partial charge >= 0.3 is 0 Å². The lowest BCUT2D eigenvalue weighted by atomic mass is 9.79. The molecule has 0 atom stereocenters. The highest BCUT2D eigenvalue weighted by Gasteiger charge is 2.38. The Labute approximate surface area is 138 Å². The van der Waals surface area contributed by atoms with Gasteiger partial charge < -0.3 is 10.6 Å². The SMILES string of the molecule is CSc1ccccc1CC(=O)NC1CC(C)(C)NC(C)(C)C1. The highest BCUT2D eigenvalue weighted by Crippen LogP contribution is 2.28. The van der Waals surface area contributed by atoms with E-state index in [9.17, 15) is 4.79 Å². The molecule has 0 radical (unpaired) electrons. The van der Waals surface area contributed by atoms with Gasteiger partial charge in [-0.2, -0.15) is 0 Å². The number of carbonyl (C=O) groups is 1. The molecule has 1 aliphatic rings. The zero-order valence-corrected chi connectivity index (χ0v) is 15.1. The minimum absolute atomic E-state index is 0.0525. The number of rotatable bonds is 4. The third-order valence-corrected chi connectivity index (χ3v) is 4.94. The molecule has 0 bridgehead atoms. The summed E-state index contributed by atoms with van der Waals surface area (Å²) < 4.78 is 0. The number of nitrogens with one attached hydrogen (secondary N) is 2. The minimum Gasteiger partial charge on any atom is -0.353 e. The molecule has 0 saturated carbocycles. The van der Waals surface area contributed by atoms with Crippen molar-refractivity contribution >= 4 is 17.7 Å². The molecule has 4 heteroatoms. The molecule has 0 aromatic heterocycles. The molecule has 1 saturated heterocycles. The fourth-order valence-corrected chi connectivity index (χ4v) is 4.34. The summed E-state index contributed by atoms with van der Waals surface area (Å²) >= 11 is 1.69. The highest BCUT2D eigenvalue weighted by molar-refractivity contribution is 7.98. The summed E-state index contributed by atoms with van der Waals surface area (Å²) in [6.07, 6.45) is 4.44. The van der Waals surface area contributed by atoms with Crippen molar-refractivity contribution in [3.63, 3.8) is 0 Å². The van der Waals surface area contributed by atoms with Crippen molar-refractivity contribution in [1.82, 2.24) is 10.6 Å². The van der Waals surface area contributed by atoms with E-state index < -0.39 is 0 Å². The average Bonchev–Trinajstić information content (AvgIpc) is 2.35. The molecule has 22 heavy (non-hydrogen) atoms. The van der Waals surface area contributed by atoms with E-state index in [2.05, 4.69) is 50.7 Å². The number of hydrogen-bond acceptors (Lipinski definition) is 3. The molecule has 1 aliphatic heterocycles. The van der Waals surface area contributed by atoms with Crippen molar-refractivity contribution in [2.24, 2.45) is 0 Å². The Kier molecular flexibility index (Phi) is 5.23. The smallest absolute Gasteiger partial charge is 0.224 e. The minimum atomic E-state index is 0.0525. The van der Waals surface area contributed by atoms with Crippen LogP contribution in [0, 0.1) is 0 Å². The predicted octanol–water partition coefficient (Wildman–Crippen LogP) is 3.38. The monoisotopic (exact) mass is 320 g/mol. The molecule has 3 nitrogen and oxygen atoms in total. The molecule has 2 rings (SSSR count). The van der Waals surface area contributed by atoms with Crippen molar-refractivity contribution in [3.8, 4) is 0 Å². The lowest BCUT2D eigenvalue weighted by Gasteiger charge is -2.46. The van der Waals surface area contributed by atoms with E-state index in [4.69, 9.17) is 0 Å². The summed E-state index contributed by atoms with van der Waals surface area (Å²) in [5, 5.41) is 6.89. The van der Waals surface area contributed by atoms with Gasteiger partial charge in [0.1, 0.15) is 0 Å². The standard InChI is InChI=1S/C18H28N2OS/c1-17(2)11-14(12-18(3,4)20-17)19-16(21)10-13-8-6-7-9-15(13)22-5/h6-9,14,20H,10-12H2,1-5H3,(H,19,21). The third-order valence-electron chi connectivity index (χ3n) is 4.10. The van der Waals surface area contributed by atoms with Crippen LogP contribution in [0.15, 0.2) is 29.2 Å². The Morgan fingerprint density at radius 1 is 1.23 bits per heavy atom. The molecule has 0 unspecified atom stereocenters. The quantitative estimate of drug-likeness (QED) is 0.836. The maximum absolute atomic E-state index is 12.4. The number of thioether (sulfide) groups is 1. The Morgan fingerprint density at radius 2 is 1.82 bits per heavy atom. The number of hydrogen-bond donors (Lipinski definition) is 2. The van der Waals surface area contributed by atoms with E-state index in [1.807, 2.05) is 18.2 Å². The molecule has 0 spiro atoms. The maximum Gasteiger partial charge on any atom is 0.224 e. The van der Waals surface area contributed by atoms with E-state index in [1.54, 1.807) is 11.8 Å². The van der Waals surface area contributed by atoms with Crippen LogP contribution in [0.1, 0.15) is 46.1 Å². The van der Waals surface area contributed by atoms with Crippen LogP contribution in [0.2, 0.25) is 0 Å². The van der Waals surface area contributed by atoms with Crippen LogP contribution in [0.25, 0.3) is 0 Å². The van der Waals surface area contributed by atoms with Crippen molar-refractivity contribution < 1.29 is 4.79 Å². The second-order valence-corrected chi connectivity index (χ2v) is 8.40. The van der Waals surface area contributed by atoms with Gasteiger partial charge in [0.05, 0.1) is 6.42 Å². The number of benzene rings is 1. The van der Waals surface area contributed by atoms with Crippen LogP contribution in [-0.4, -0.2) is 29.3 Å². The van der Waals surface area contributed by atoms with E-state index in [1.165, 1.54) is 4.90 Å². The molecular weight excluding hydrogens is 292 g/mol.